The van der Waals surface area contributed by atoms with Gasteiger partial charge in [-0.1, -0.05) is 30.3 Å². The Balaban J connectivity index is 1.09. The Kier molecular flexibility index (Phi) is 5.60. The van der Waals surface area contributed by atoms with Crippen LogP contribution in [0.25, 0.3) is 0 Å². The highest BCUT2D eigenvalue weighted by molar-refractivity contribution is 5.78. The highest BCUT2D eigenvalue weighted by atomic mass is 16.7. The summed E-state index contributed by atoms with van der Waals surface area (Å²) in [4.78, 5) is 17.4. The maximum atomic E-state index is 12.7. The largest absolute Gasteiger partial charge is 0.454 e. The van der Waals surface area contributed by atoms with Gasteiger partial charge in [-0.25, -0.2) is 0 Å². The number of amides is 1. The molecule has 2 aromatic carbocycles. The Hall–Kier alpha value is -2.57. The number of piperazine rings is 1. The normalized spacial score (nSPS) is 21.3. The van der Waals surface area contributed by atoms with Crippen LogP contribution in [0.2, 0.25) is 0 Å². The van der Waals surface area contributed by atoms with Crippen LogP contribution in [-0.4, -0.2) is 55.2 Å². The average molecular weight is 408 g/mol. The molecule has 0 unspecified atom stereocenters. The van der Waals surface area contributed by atoms with Crippen molar-refractivity contribution in [2.45, 2.75) is 31.8 Å². The van der Waals surface area contributed by atoms with Crippen molar-refractivity contribution in [3.8, 4) is 11.5 Å². The third kappa shape index (κ3) is 4.30. The second kappa shape index (κ2) is 8.66. The molecular weight excluding hydrogens is 378 g/mol. The van der Waals surface area contributed by atoms with Gasteiger partial charge < -0.3 is 14.8 Å². The summed E-state index contributed by atoms with van der Waals surface area (Å²) in [6.45, 7) is 5.46. The molecule has 3 aliphatic rings. The highest BCUT2D eigenvalue weighted by Gasteiger charge is 2.24. The van der Waals surface area contributed by atoms with E-state index in [1.165, 1.54) is 16.7 Å². The number of nitrogens with zero attached hydrogens (tertiary/aromatic N) is 2. The van der Waals surface area contributed by atoms with Crippen LogP contribution in [0.4, 0.5) is 0 Å². The summed E-state index contributed by atoms with van der Waals surface area (Å²) in [6, 6.07) is 14.8. The van der Waals surface area contributed by atoms with Crippen LogP contribution in [0.1, 0.15) is 35.6 Å². The summed E-state index contributed by atoms with van der Waals surface area (Å²) in [7, 11) is 0. The maximum absolute atomic E-state index is 12.7. The molecule has 1 atom stereocenters. The zero-order chi connectivity index (χ0) is 20.3. The van der Waals surface area contributed by atoms with Crippen LogP contribution in [-0.2, 0) is 17.8 Å². The van der Waals surface area contributed by atoms with Gasteiger partial charge in [0, 0.05) is 32.7 Å². The van der Waals surface area contributed by atoms with Crippen molar-refractivity contribution in [1.29, 1.82) is 0 Å². The second-order valence-corrected chi connectivity index (χ2v) is 8.45. The molecule has 158 valence electrons. The fourth-order valence-corrected chi connectivity index (χ4v) is 4.75. The Bertz CT molecular complexity index is 908. The highest BCUT2D eigenvalue weighted by Crippen LogP contribution is 2.33. The lowest BCUT2D eigenvalue weighted by Crippen LogP contribution is -2.49. The summed E-state index contributed by atoms with van der Waals surface area (Å²) < 4.78 is 10.9. The first-order valence-electron chi connectivity index (χ1n) is 10.9. The first-order chi connectivity index (χ1) is 14.7. The van der Waals surface area contributed by atoms with Crippen LogP contribution in [0.5, 0.6) is 11.5 Å². The quantitative estimate of drug-likeness (QED) is 0.826. The number of carbonyl (C=O) groups is 1. The van der Waals surface area contributed by atoms with Crippen molar-refractivity contribution in [1.82, 2.24) is 15.1 Å². The van der Waals surface area contributed by atoms with E-state index < -0.39 is 0 Å². The van der Waals surface area contributed by atoms with Crippen molar-refractivity contribution < 1.29 is 14.3 Å². The van der Waals surface area contributed by atoms with Gasteiger partial charge in [0.2, 0.25) is 12.7 Å². The van der Waals surface area contributed by atoms with Crippen LogP contribution in [0.15, 0.2) is 42.5 Å². The summed E-state index contributed by atoms with van der Waals surface area (Å²) in [5.74, 6) is 1.81. The Morgan fingerprint density at radius 2 is 1.80 bits per heavy atom. The number of benzene rings is 2. The molecule has 2 heterocycles. The number of hydrogen-bond donors (Lipinski definition) is 1. The summed E-state index contributed by atoms with van der Waals surface area (Å²) in [6.07, 6.45) is 3.29. The van der Waals surface area contributed by atoms with Gasteiger partial charge in [0.05, 0.1) is 12.6 Å². The zero-order valence-corrected chi connectivity index (χ0v) is 17.3. The smallest absolute Gasteiger partial charge is 0.234 e. The fraction of sp³-hybridized carbons (Fsp3) is 0.458. The molecule has 0 spiro atoms. The molecule has 30 heavy (non-hydrogen) atoms. The maximum Gasteiger partial charge on any atom is 0.234 e. The SMILES string of the molecule is O=C(CN1CCN(Cc2ccc3c(c2)OCO3)CC1)N[C@@H]1CCCc2ccccc21. The predicted molar refractivity (Wildman–Crippen MR) is 115 cm³/mol. The number of nitrogens with one attached hydrogen (secondary N) is 1. The van der Waals surface area contributed by atoms with E-state index >= 15 is 0 Å². The monoisotopic (exact) mass is 407 g/mol. The molecule has 0 radical (unpaired) electrons. The summed E-state index contributed by atoms with van der Waals surface area (Å²) >= 11 is 0. The van der Waals surface area contributed by atoms with E-state index in [9.17, 15) is 4.79 Å². The molecule has 1 fully saturated rings. The van der Waals surface area contributed by atoms with Gasteiger partial charge in [0.25, 0.3) is 0 Å². The number of ether oxygens (including phenoxy) is 2. The van der Waals surface area contributed by atoms with E-state index in [-0.39, 0.29) is 11.9 Å². The molecule has 5 rings (SSSR count). The lowest BCUT2D eigenvalue weighted by atomic mass is 9.88. The lowest BCUT2D eigenvalue weighted by Gasteiger charge is -2.35. The van der Waals surface area contributed by atoms with Gasteiger partial charge in [-0.2, -0.15) is 0 Å². The number of rotatable bonds is 5. The van der Waals surface area contributed by atoms with E-state index in [1.54, 1.807) is 0 Å². The zero-order valence-electron chi connectivity index (χ0n) is 17.3. The topological polar surface area (TPSA) is 54.0 Å². The van der Waals surface area contributed by atoms with Crippen molar-refractivity contribution in [2.24, 2.45) is 0 Å². The Labute approximate surface area is 177 Å². The third-order valence-electron chi connectivity index (χ3n) is 6.38. The second-order valence-electron chi connectivity index (χ2n) is 8.45. The van der Waals surface area contributed by atoms with Crippen molar-refractivity contribution >= 4 is 5.91 Å². The van der Waals surface area contributed by atoms with Gasteiger partial charge in [-0.05, 0) is 48.1 Å². The molecular formula is C24H29N3O3. The fourth-order valence-electron chi connectivity index (χ4n) is 4.75. The minimum atomic E-state index is 0.140. The minimum Gasteiger partial charge on any atom is -0.454 e. The molecule has 6 nitrogen and oxygen atoms in total. The van der Waals surface area contributed by atoms with Gasteiger partial charge >= 0.3 is 0 Å². The van der Waals surface area contributed by atoms with Crippen LogP contribution < -0.4 is 14.8 Å². The molecule has 6 heteroatoms. The van der Waals surface area contributed by atoms with E-state index in [0.717, 1.165) is 63.5 Å². The van der Waals surface area contributed by atoms with Gasteiger partial charge in [0.1, 0.15) is 0 Å². The van der Waals surface area contributed by atoms with Crippen molar-refractivity contribution in [2.75, 3.05) is 39.5 Å². The molecule has 1 aliphatic carbocycles. The van der Waals surface area contributed by atoms with E-state index in [4.69, 9.17) is 9.47 Å². The van der Waals surface area contributed by atoms with Crippen LogP contribution >= 0.6 is 0 Å². The van der Waals surface area contributed by atoms with Gasteiger partial charge in [-0.3, -0.25) is 14.6 Å². The van der Waals surface area contributed by atoms with E-state index in [1.807, 2.05) is 6.07 Å². The molecule has 1 N–H and O–H groups in total. The molecule has 1 amide bonds. The molecule has 1 saturated heterocycles. The summed E-state index contributed by atoms with van der Waals surface area (Å²) in [5, 5.41) is 3.28. The first-order valence-corrected chi connectivity index (χ1v) is 10.9. The number of aryl methyl sites for hydroxylation is 1. The third-order valence-corrected chi connectivity index (χ3v) is 6.38. The van der Waals surface area contributed by atoms with E-state index in [2.05, 4.69) is 51.5 Å². The minimum absolute atomic E-state index is 0.140. The number of carbonyl (C=O) groups excluding carboxylic acids is 1. The Morgan fingerprint density at radius 3 is 2.70 bits per heavy atom. The standard InChI is InChI=1S/C24H29N3O3/c28-24(25-21-7-3-5-19-4-1-2-6-20(19)21)16-27-12-10-26(11-13-27)15-18-8-9-22-23(14-18)30-17-29-22/h1-2,4,6,8-9,14,21H,3,5,7,10-13,15-17H2,(H,25,28)/t21-/m1/s1. The lowest BCUT2D eigenvalue weighted by molar-refractivity contribution is -0.123. The van der Waals surface area contributed by atoms with Gasteiger partial charge in [0.15, 0.2) is 11.5 Å². The molecule has 0 aromatic heterocycles. The predicted octanol–water partition coefficient (Wildman–Crippen LogP) is 2.73. The molecule has 2 aliphatic heterocycles. The molecule has 0 bridgehead atoms. The van der Waals surface area contributed by atoms with Crippen LogP contribution in [0.3, 0.4) is 0 Å². The van der Waals surface area contributed by atoms with Crippen molar-refractivity contribution in [3.05, 3.63) is 59.2 Å². The van der Waals surface area contributed by atoms with Crippen molar-refractivity contribution in [3.63, 3.8) is 0 Å². The molecule has 0 saturated carbocycles. The van der Waals surface area contributed by atoms with Gasteiger partial charge in [-0.15, -0.1) is 0 Å². The number of hydrogen-bond acceptors (Lipinski definition) is 5. The first kappa shape index (κ1) is 19.4. The van der Waals surface area contributed by atoms with E-state index in [0.29, 0.717) is 13.3 Å². The number of fused-ring (bicyclic) bond motifs is 2. The van der Waals surface area contributed by atoms with Crippen LogP contribution in [0, 0.1) is 0 Å². The molecule has 2 aromatic rings. The summed E-state index contributed by atoms with van der Waals surface area (Å²) in [5.41, 5.74) is 3.92. The average Bonchev–Trinajstić information content (AvgIpc) is 3.23. The Morgan fingerprint density at radius 1 is 1.00 bits per heavy atom.